The summed E-state index contributed by atoms with van der Waals surface area (Å²) in [5.74, 6) is -1.07. The summed E-state index contributed by atoms with van der Waals surface area (Å²) in [6, 6.07) is 0. The van der Waals surface area contributed by atoms with Crippen LogP contribution in [-0.4, -0.2) is 30.1 Å². The van der Waals surface area contributed by atoms with E-state index in [9.17, 15) is 9.59 Å². The van der Waals surface area contributed by atoms with Crippen molar-refractivity contribution >= 4 is 11.9 Å². The molecule has 0 spiro atoms. The van der Waals surface area contributed by atoms with Crippen molar-refractivity contribution in [3.63, 3.8) is 0 Å². The second kappa shape index (κ2) is 6.42. The Morgan fingerprint density at radius 3 is 2.00 bits per heavy atom. The van der Waals surface area contributed by atoms with Crippen molar-refractivity contribution in [1.82, 2.24) is 5.32 Å². The van der Waals surface area contributed by atoms with Crippen molar-refractivity contribution in [1.29, 1.82) is 0 Å². The predicted molar refractivity (Wildman–Crippen MR) is 48.1 cm³/mol. The maximum Gasteiger partial charge on any atom is 0.306 e. The van der Waals surface area contributed by atoms with Gasteiger partial charge in [-0.15, -0.1) is 0 Å². The number of carboxylic acid groups (broad SMARTS) is 1. The highest BCUT2D eigenvalue weighted by Crippen LogP contribution is 2.10. The van der Waals surface area contributed by atoms with Crippen LogP contribution in [0.5, 0.6) is 0 Å². The average Bonchev–Trinajstić information content (AvgIpc) is 2.05. The molecule has 1 heterocycles. The van der Waals surface area contributed by atoms with E-state index >= 15 is 0 Å². The molecule has 0 atom stereocenters. The fraction of sp³-hybridized carbons (Fsp3) is 0.750. The van der Waals surface area contributed by atoms with Crippen LogP contribution in [0.25, 0.3) is 0 Å². The van der Waals surface area contributed by atoms with Crippen molar-refractivity contribution < 1.29 is 14.7 Å². The van der Waals surface area contributed by atoms with Crippen LogP contribution in [0.2, 0.25) is 0 Å². The summed E-state index contributed by atoms with van der Waals surface area (Å²) in [6.07, 6.45) is 1.57. The Hall–Kier alpha value is -1.10. The van der Waals surface area contributed by atoms with E-state index in [0.717, 1.165) is 25.9 Å². The number of nitrogens with two attached hydrogens (primary N) is 1. The highest BCUT2D eigenvalue weighted by molar-refractivity contribution is 5.70. The van der Waals surface area contributed by atoms with Gasteiger partial charge in [-0.1, -0.05) is 0 Å². The van der Waals surface area contributed by atoms with Crippen molar-refractivity contribution in [2.24, 2.45) is 11.7 Å². The Kier molecular flexibility index (Phi) is 5.88. The van der Waals surface area contributed by atoms with Gasteiger partial charge < -0.3 is 16.2 Å². The molecule has 0 saturated carbocycles. The monoisotopic (exact) mass is 188 g/mol. The van der Waals surface area contributed by atoms with Gasteiger partial charge in [-0.3, -0.25) is 9.59 Å². The number of hydrogen-bond acceptors (Lipinski definition) is 3. The van der Waals surface area contributed by atoms with Crippen LogP contribution in [-0.2, 0) is 9.59 Å². The zero-order chi connectivity index (χ0) is 10.3. The molecule has 0 radical (unpaired) electrons. The summed E-state index contributed by atoms with van der Waals surface area (Å²) in [6.45, 7) is 3.02. The highest BCUT2D eigenvalue weighted by Gasteiger charge is 2.18. The molecule has 1 saturated heterocycles. The second-order valence-electron chi connectivity index (χ2n) is 2.97. The maximum absolute atomic E-state index is 10.3. The van der Waals surface area contributed by atoms with Gasteiger partial charge in [-0.25, -0.2) is 0 Å². The summed E-state index contributed by atoms with van der Waals surface area (Å²) in [7, 11) is 0. The molecule has 0 aromatic rings. The number of carbonyl (C=O) groups excluding carboxylic acids is 1. The van der Waals surface area contributed by atoms with Crippen LogP contribution in [0.3, 0.4) is 0 Å². The van der Waals surface area contributed by atoms with E-state index in [4.69, 9.17) is 5.11 Å². The van der Waals surface area contributed by atoms with Crippen LogP contribution >= 0.6 is 0 Å². The SMILES string of the molecule is CC(N)=O.O=C(O)C1CCNCC1. The molecule has 0 unspecified atom stereocenters. The third-order valence-corrected chi connectivity index (χ3v) is 1.69. The normalized spacial score (nSPS) is 17.0. The Bertz CT molecular complexity index is 172. The quantitative estimate of drug-likeness (QED) is 0.520. The Labute approximate surface area is 77.3 Å². The van der Waals surface area contributed by atoms with Crippen LogP contribution in [0.15, 0.2) is 0 Å². The molecule has 4 N–H and O–H groups in total. The Morgan fingerprint density at radius 2 is 1.77 bits per heavy atom. The lowest BCUT2D eigenvalue weighted by Crippen LogP contribution is -2.31. The van der Waals surface area contributed by atoms with Gasteiger partial charge in [0.25, 0.3) is 0 Å². The minimum atomic E-state index is -0.642. The highest BCUT2D eigenvalue weighted by atomic mass is 16.4. The molecule has 13 heavy (non-hydrogen) atoms. The Balaban J connectivity index is 0.000000310. The fourth-order valence-corrected chi connectivity index (χ4v) is 1.07. The second-order valence-corrected chi connectivity index (χ2v) is 2.97. The molecule has 5 nitrogen and oxygen atoms in total. The van der Waals surface area contributed by atoms with E-state index in [0.29, 0.717) is 0 Å². The maximum atomic E-state index is 10.3. The zero-order valence-electron chi connectivity index (χ0n) is 7.75. The van der Waals surface area contributed by atoms with Gasteiger partial charge in [0.2, 0.25) is 5.91 Å². The molecule has 0 aromatic carbocycles. The van der Waals surface area contributed by atoms with Gasteiger partial charge >= 0.3 is 5.97 Å². The minimum Gasteiger partial charge on any atom is -0.481 e. The number of primary amides is 1. The molecule has 0 bridgehead atoms. The number of piperidine rings is 1. The average molecular weight is 188 g/mol. The summed E-state index contributed by atoms with van der Waals surface area (Å²) in [5, 5.41) is 11.6. The lowest BCUT2D eigenvalue weighted by molar-refractivity contribution is -0.142. The minimum absolute atomic E-state index is 0.0914. The van der Waals surface area contributed by atoms with Crippen molar-refractivity contribution in [3.05, 3.63) is 0 Å². The molecule has 0 aliphatic carbocycles. The van der Waals surface area contributed by atoms with Gasteiger partial charge in [0.05, 0.1) is 5.92 Å². The first-order valence-electron chi connectivity index (χ1n) is 4.23. The predicted octanol–water partition coefficient (Wildman–Crippen LogP) is -0.438. The summed E-state index contributed by atoms with van der Waals surface area (Å²) < 4.78 is 0. The Morgan fingerprint density at radius 1 is 1.38 bits per heavy atom. The van der Waals surface area contributed by atoms with Gasteiger partial charge in [0, 0.05) is 6.92 Å². The van der Waals surface area contributed by atoms with Crippen molar-refractivity contribution in [2.45, 2.75) is 19.8 Å². The van der Waals surface area contributed by atoms with Crippen LogP contribution < -0.4 is 11.1 Å². The summed E-state index contributed by atoms with van der Waals surface area (Å²) in [4.78, 5) is 19.5. The zero-order valence-corrected chi connectivity index (χ0v) is 7.75. The smallest absolute Gasteiger partial charge is 0.306 e. The standard InChI is InChI=1S/C6H11NO2.C2H5NO/c8-6(9)5-1-3-7-4-2-5;1-2(3)4/h5,7H,1-4H2,(H,8,9);1H3,(H2,3,4). The number of aliphatic carboxylic acids is 1. The van der Waals surface area contributed by atoms with Crippen LogP contribution in [0.1, 0.15) is 19.8 Å². The molecule has 1 aliphatic rings. The van der Waals surface area contributed by atoms with Crippen LogP contribution in [0, 0.1) is 5.92 Å². The largest absolute Gasteiger partial charge is 0.481 e. The third kappa shape index (κ3) is 7.27. The molecule has 0 aromatic heterocycles. The molecule has 1 aliphatic heterocycles. The number of nitrogens with one attached hydrogen (secondary N) is 1. The van der Waals surface area contributed by atoms with E-state index in [-0.39, 0.29) is 11.8 Å². The molecule has 76 valence electrons. The first-order valence-corrected chi connectivity index (χ1v) is 4.23. The van der Waals surface area contributed by atoms with Gasteiger partial charge in [-0.05, 0) is 25.9 Å². The van der Waals surface area contributed by atoms with E-state index in [1.54, 1.807) is 0 Å². The third-order valence-electron chi connectivity index (χ3n) is 1.69. The first kappa shape index (κ1) is 11.9. The van der Waals surface area contributed by atoms with Gasteiger partial charge in [0.15, 0.2) is 0 Å². The first-order chi connectivity index (χ1) is 6.04. The van der Waals surface area contributed by atoms with Gasteiger partial charge in [-0.2, -0.15) is 0 Å². The fourth-order valence-electron chi connectivity index (χ4n) is 1.07. The lowest BCUT2D eigenvalue weighted by Gasteiger charge is -2.17. The summed E-state index contributed by atoms with van der Waals surface area (Å²) in [5.41, 5.74) is 4.47. The lowest BCUT2D eigenvalue weighted by atomic mass is 9.99. The van der Waals surface area contributed by atoms with Crippen molar-refractivity contribution in [3.8, 4) is 0 Å². The van der Waals surface area contributed by atoms with E-state index in [2.05, 4.69) is 11.1 Å². The van der Waals surface area contributed by atoms with E-state index in [1.807, 2.05) is 0 Å². The number of carbonyl (C=O) groups is 2. The number of hydrogen-bond donors (Lipinski definition) is 3. The van der Waals surface area contributed by atoms with Crippen LogP contribution in [0.4, 0.5) is 0 Å². The number of amides is 1. The molecule has 5 heteroatoms. The molecular weight excluding hydrogens is 172 g/mol. The number of rotatable bonds is 1. The van der Waals surface area contributed by atoms with Gasteiger partial charge in [0.1, 0.15) is 0 Å². The molecule has 1 amide bonds. The molecule has 1 rings (SSSR count). The number of carboxylic acids is 1. The van der Waals surface area contributed by atoms with E-state index < -0.39 is 5.97 Å². The van der Waals surface area contributed by atoms with E-state index in [1.165, 1.54) is 6.92 Å². The van der Waals surface area contributed by atoms with Crippen molar-refractivity contribution in [2.75, 3.05) is 13.1 Å². The molecule has 1 fully saturated rings. The topological polar surface area (TPSA) is 92.4 Å². The summed E-state index contributed by atoms with van der Waals surface area (Å²) >= 11 is 0. The molecular formula is C8H16N2O3.